The van der Waals surface area contributed by atoms with Gasteiger partial charge in [-0.25, -0.2) is 0 Å². The standard InChI is InChI=1S/C38H28N2.2C32H24N2/c1-25-19-21-32(28-12-4-3-11-26(28)2)38(23-25)40-36-18-10-7-15-31(36)33-24-27(20-22-37(33)40)39-34-16-8-5-13-29(34)30-14-6-9-17-35(30)39;1-21-15-17-31-26(19-21)24-10-4-7-13-29(24)33(31)23-16-18-32-27(20-23)25-11-5-8-14-30(25)34(32)28-12-6-3-9-22(28)2;1-21-8-7-9-23(18-21)33-30-13-6-4-11-26(30)28-20-24(15-17-32(28)33)34-29-12-5-3-10-25(29)27-19-22(2)14-16-31(27)34/h3-24H,1-2H3;2*3-20H,1-2H3/i3D,4D,5D,6D,7D,8D,9D,10D,11D,12D,13D,14D,15D,16D,17D,18D,19D,20D,21D,22D,23D,24D;2*3D,4D,5D,6D,7D,8D,9D,10D,11D,12D,13D,14D,15D,16D,17D,18D,19D,20D. The SMILES string of the molecule is [2H]c1c([2H])c(C)c([2H])c(-n2c3c([2H])c([2H])c([2H])c([2H])c3c3c([2H])c(-n4c5c([2H])c([2H])c([2H])c([2H])c5c5c([2H])c(C)c([2H])c([2H])c54)c([2H])c([2H])c32)c1[2H].[2H]c1c([2H])c([2H])c(-c2c([2H])c([2H])c(C)c([2H])c2-n2c3c([2H])c([2H])c([2H])c([2H])c3c3c([2H])c(-n4c5c([2H])c([2H])c([2H])c([2H])c5c5c([2H])c([2H])c([2H])c([2H])c54)c([2H])c([2H])c32)c(C)c1[2H].[2H]c1c([2H])c([2H])c(-n2c3c([2H])c([2H])c([2H])c([2H])c3c3c([2H])c(-n4c5c([2H])c([2H])c([2H])c([2H])c5c5c([2H])c(C)c([2H])c([2H])c54)c([2H])c([2H])c32)c(C)c1[2H]. The minimum atomic E-state index is -0.911. The third-order valence-electron chi connectivity index (χ3n) is 18.0. The second-order valence-electron chi connectivity index (χ2n) is 24.5. The zero-order chi connectivity index (χ0) is 123. The van der Waals surface area contributed by atoms with Crippen molar-refractivity contribution in [2.75, 3.05) is 0 Å². The van der Waals surface area contributed by atoms with Crippen LogP contribution < -0.4 is 0 Å². The summed E-state index contributed by atoms with van der Waals surface area (Å²) in [5.41, 5.74) is -9.01. The minimum Gasteiger partial charge on any atom is -0.309 e. The summed E-state index contributed by atoms with van der Waals surface area (Å²) in [6.45, 7) is 8.15. The highest BCUT2D eigenvalue weighted by molar-refractivity contribution is 6.16. The summed E-state index contributed by atoms with van der Waals surface area (Å²) in [6.07, 6.45) is 0. The first kappa shape index (κ1) is 28.0. The number of rotatable bonds is 7. The van der Waals surface area contributed by atoms with E-state index in [0.717, 1.165) is 27.4 Å². The molecule has 0 radical (unpaired) electrons. The number of nitrogens with zero attached hydrogens (tertiary/aromatic N) is 6. The van der Waals surface area contributed by atoms with Gasteiger partial charge in [0, 0.05) is 98.6 Å². The lowest BCUT2D eigenvalue weighted by atomic mass is 9.97. The summed E-state index contributed by atoms with van der Waals surface area (Å²) in [6, 6.07) is -38.8. The molecule has 22 aromatic rings. The Kier molecular flexibility index (Phi) is 6.63. The van der Waals surface area contributed by atoms with Crippen LogP contribution in [-0.2, 0) is 0 Å². The van der Waals surface area contributed by atoms with Crippen LogP contribution in [0.15, 0.2) is 350 Å². The molecule has 0 amide bonds. The van der Waals surface area contributed by atoms with Crippen molar-refractivity contribution in [1.29, 1.82) is 0 Å². The van der Waals surface area contributed by atoms with Gasteiger partial charge >= 0.3 is 0 Å². The maximum atomic E-state index is 9.84. The Morgan fingerprint density at radius 2 is 0.444 bits per heavy atom. The van der Waals surface area contributed by atoms with Crippen LogP contribution in [0.5, 0.6) is 0 Å². The van der Waals surface area contributed by atoms with Crippen molar-refractivity contribution in [2.24, 2.45) is 0 Å². The van der Waals surface area contributed by atoms with Gasteiger partial charge in [0.2, 0.25) is 0 Å². The molecular formula is C102H76N6. The topological polar surface area (TPSA) is 29.6 Å². The summed E-state index contributed by atoms with van der Waals surface area (Å²) in [5, 5.41) is -3.95. The highest BCUT2D eigenvalue weighted by Gasteiger charge is 2.23. The highest BCUT2D eigenvalue weighted by atomic mass is 15.0. The van der Waals surface area contributed by atoms with E-state index in [1.807, 2.05) is 0 Å². The molecule has 0 atom stereocenters. The van der Waals surface area contributed by atoms with Crippen LogP contribution in [0.2, 0.25) is 0 Å². The third-order valence-corrected chi connectivity index (χ3v) is 18.0. The molecule has 6 heteroatoms. The van der Waals surface area contributed by atoms with Crippen molar-refractivity contribution in [1.82, 2.24) is 27.4 Å². The lowest BCUT2D eigenvalue weighted by molar-refractivity contribution is 1.14. The van der Waals surface area contributed by atoms with Crippen LogP contribution in [0.25, 0.3) is 176 Å². The molecule has 16 aromatic carbocycles. The predicted molar refractivity (Wildman–Crippen MR) is 459 cm³/mol. The minimum absolute atomic E-state index is 0.0250. The lowest BCUT2D eigenvalue weighted by Crippen LogP contribution is -1.99. The van der Waals surface area contributed by atoms with Crippen molar-refractivity contribution >= 4 is 131 Å². The summed E-state index contributed by atoms with van der Waals surface area (Å²) in [4.78, 5) is 0. The van der Waals surface area contributed by atoms with Crippen molar-refractivity contribution in [3.05, 3.63) is 384 Å². The Hall–Kier alpha value is -13.7. The van der Waals surface area contributed by atoms with Gasteiger partial charge < -0.3 is 27.4 Å². The molecule has 108 heavy (non-hydrogen) atoms. The molecule has 0 saturated carbocycles. The number of benzene rings is 16. The second-order valence-corrected chi connectivity index (χ2v) is 24.5. The van der Waals surface area contributed by atoms with Crippen LogP contribution in [0, 0.1) is 41.5 Å². The fourth-order valence-electron chi connectivity index (χ4n) is 13.4. The Morgan fingerprint density at radius 3 is 0.870 bits per heavy atom. The Balaban J connectivity index is 0.000000148. The molecule has 514 valence electrons. The van der Waals surface area contributed by atoms with Crippen LogP contribution in [0.3, 0.4) is 0 Å². The summed E-state index contributed by atoms with van der Waals surface area (Å²) < 4.78 is 518. The van der Waals surface area contributed by atoms with Crippen molar-refractivity contribution in [3.8, 4) is 45.3 Å². The molecule has 22 rings (SSSR count). The molecule has 0 N–H and O–H groups in total. The van der Waals surface area contributed by atoms with Gasteiger partial charge in [0.15, 0.2) is 0 Å². The van der Waals surface area contributed by atoms with Crippen molar-refractivity contribution < 1.29 is 79.5 Å². The Morgan fingerprint density at radius 1 is 0.167 bits per heavy atom. The fourth-order valence-corrected chi connectivity index (χ4v) is 13.4. The predicted octanol–water partition coefficient (Wildman–Crippen LogP) is 27.2. The fraction of sp³-hybridized carbons (Fsp3) is 0.0588. The molecule has 6 heterocycles. The molecule has 0 aliphatic carbocycles. The summed E-state index contributed by atoms with van der Waals surface area (Å²) >= 11 is 0. The van der Waals surface area contributed by atoms with Crippen LogP contribution in [-0.4, -0.2) is 27.4 Å². The Bertz CT molecular complexity index is 10400. The van der Waals surface area contributed by atoms with Gasteiger partial charge in [-0.2, -0.15) is 0 Å². The van der Waals surface area contributed by atoms with Gasteiger partial charge in [-0.1, -0.05) is 217 Å². The third kappa shape index (κ3) is 10.3. The maximum Gasteiger partial charge on any atom is 0.0652 e. The second kappa shape index (κ2) is 25.6. The van der Waals surface area contributed by atoms with Gasteiger partial charge in [0.25, 0.3) is 0 Å². The van der Waals surface area contributed by atoms with Crippen molar-refractivity contribution in [3.63, 3.8) is 0 Å². The quantitative estimate of drug-likeness (QED) is 0.152. The van der Waals surface area contributed by atoms with Gasteiger partial charge in [-0.15, -0.1) is 0 Å². The van der Waals surface area contributed by atoms with Gasteiger partial charge in [0.05, 0.1) is 151 Å². The van der Waals surface area contributed by atoms with E-state index in [1.54, 1.807) is 0 Å². The number of hydrogen-bond donors (Lipinski definition) is 0. The molecule has 0 spiro atoms. The number of hydrogen-bond acceptors (Lipinski definition) is 0. The van der Waals surface area contributed by atoms with E-state index in [2.05, 4.69) is 0 Å². The average Bonchev–Trinajstić information content (AvgIpc) is 1.52. The molecule has 0 unspecified atom stereocenters. The first-order valence-corrected chi connectivity index (χ1v) is 32.8. The lowest BCUT2D eigenvalue weighted by Gasteiger charge is -2.16. The first-order chi connectivity index (χ1) is 77.3. The van der Waals surface area contributed by atoms with E-state index < -0.39 is 422 Å². The van der Waals surface area contributed by atoms with E-state index in [0.29, 0.717) is 0 Å². The molecular weight excluding hydrogens is 1310 g/mol. The zero-order valence-electron chi connectivity index (χ0n) is 115. The van der Waals surface area contributed by atoms with E-state index in [4.69, 9.17) is 63.1 Å². The molecule has 0 bridgehead atoms. The molecule has 0 fully saturated rings. The summed E-state index contributed by atoms with van der Waals surface area (Å²) in [7, 11) is 0. The monoisotopic (exact) mass is 1440 g/mol. The van der Waals surface area contributed by atoms with Gasteiger partial charge in [0.1, 0.15) is 0 Å². The summed E-state index contributed by atoms with van der Waals surface area (Å²) in [5.74, 6) is 0. The van der Waals surface area contributed by atoms with E-state index in [9.17, 15) is 16.4 Å². The van der Waals surface area contributed by atoms with E-state index in [1.165, 1.54) is 41.5 Å². The Labute approximate surface area is 707 Å². The van der Waals surface area contributed by atoms with Crippen LogP contribution >= 0.6 is 0 Å². The van der Waals surface area contributed by atoms with Gasteiger partial charge in [-0.05, 0) is 214 Å². The van der Waals surface area contributed by atoms with E-state index >= 15 is 0 Å². The normalized spacial score (nSPS) is 19.3. The maximum absolute atomic E-state index is 9.84. The van der Waals surface area contributed by atoms with Gasteiger partial charge in [-0.3, -0.25) is 0 Å². The van der Waals surface area contributed by atoms with E-state index in [-0.39, 0.29) is 138 Å². The largest absolute Gasteiger partial charge is 0.309 e. The molecule has 6 aromatic heterocycles. The van der Waals surface area contributed by atoms with Crippen molar-refractivity contribution in [2.45, 2.75) is 41.5 Å². The zero-order valence-corrected chi connectivity index (χ0v) is 56.7. The highest BCUT2D eigenvalue weighted by Crippen LogP contribution is 2.43. The number of fused-ring (bicyclic) bond motifs is 18. The average molecular weight is 1440 g/mol. The van der Waals surface area contributed by atoms with Crippen LogP contribution in [0.4, 0.5) is 0 Å². The smallest absolute Gasteiger partial charge is 0.0652 e. The molecule has 0 aliphatic rings. The first-order valence-electron chi connectivity index (χ1n) is 61.8. The molecule has 0 aliphatic heterocycles. The number of para-hydroxylation sites is 8. The van der Waals surface area contributed by atoms with Crippen LogP contribution in [0.1, 0.15) is 113 Å². The number of aromatic nitrogens is 6. The molecule has 0 saturated heterocycles. The molecule has 6 nitrogen and oxygen atoms in total.